The van der Waals surface area contributed by atoms with Gasteiger partial charge in [-0.15, -0.1) is 0 Å². The molecule has 0 N–H and O–H groups in total. The zero-order chi connectivity index (χ0) is 17.5. The van der Waals surface area contributed by atoms with Crippen LogP contribution in [0.25, 0.3) is 0 Å². The van der Waals surface area contributed by atoms with Gasteiger partial charge in [0.15, 0.2) is 5.88 Å². The third-order valence-electron chi connectivity index (χ3n) is 4.17. The van der Waals surface area contributed by atoms with Crippen molar-refractivity contribution in [2.75, 3.05) is 6.61 Å². The first-order valence-electron chi connectivity index (χ1n) is 8.45. The second-order valence-corrected chi connectivity index (χ2v) is 13.1. The standard InChI is InChI=1S/C17H31NO4Si/c1-13(22-23(5,6)7)18(15(19)21-16(2,3)4)17-10-8-14(9-11-17)20-12-17/h14H,1,8-12H2,2-7H3. The van der Waals surface area contributed by atoms with Gasteiger partial charge in [0, 0.05) is 0 Å². The Bertz CT molecular complexity index is 428. The molecule has 0 unspecified atom stereocenters. The fraction of sp³-hybridized carbons (Fsp3) is 0.824. The van der Waals surface area contributed by atoms with Crippen molar-refractivity contribution in [3.8, 4) is 0 Å². The summed E-state index contributed by atoms with van der Waals surface area (Å²) in [6.45, 7) is 16.5. The number of rotatable bonds is 4. The molecule has 0 aromatic heterocycles. The molecule has 1 aliphatic carbocycles. The third kappa shape index (κ3) is 4.50. The number of nitrogens with zero attached hydrogens (tertiary/aromatic N) is 1. The van der Waals surface area contributed by atoms with Gasteiger partial charge in [0.25, 0.3) is 0 Å². The molecule has 1 saturated carbocycles. The Morgan fingerprint density at radius 2 is 1.83 bits per heavy atom. The summed E-state index contributed by atoms with van der Waals surface area (Å²) in [6, 6.07) is 0. The van der Waals surface area contributed by atoms with Crippen LogP contribution in [0, 0.1) is 0 Å². The number of fused-ring (bicyclic) bond motifs is 3. The van der Waals surface area contributed by atoms with Crippen LogP contribution < -0.4 is 0 Å². The summed E-state index contributed by atoms with van der Waals surface area (Å²) in [5.41, 5.74) is -0.939. The van der Waals surface area contributed by atoms with E-state index in [1.807, 2.05) is 20.8 Å². The molecule has 2 heterocycles. The molecule has 0 aromatic carbocycles. The minimum absolute atomic E-state index is 0.337. The van der Waals surface area contributed by atoms with E-state index < -0.39 is 13.9 Å². The third-order valence-corrected chi connectivity index (χ3v) is 5.02. The normalized spacial score (nSPS) is 27.5. The number of amides is 1. The van der Waals surface area contributed by atoms with Crippen molar-refractivity contribution in [3.05, 3.63) is 12.5 Å². The zero-order valence-corrected chi connectivity index (χ0v) is 16.4. The Labute approximate surface area is 141 Å². The lowest BCUT2D eigenvalue weighted by molar-refractivity contribution is -0.131. The highest BCUT2D eigenvalue weighted by molar-refractivity contribution is 6.70. The second kappa shape index (κ2) is 6.13. The molecule has 2 bridgehead atoms. The molecule has 0 spiro atoms. The minimum atomic E-state index is -1.87. The van der Waals surface area contributed by atoms with Crippen LogP contribution >= 0.6 is 0 Å². The Morgan fingerprint density at radius 3 is 2.22 bits per heavy atom. The maximum absolute atomic E-state index is 12.9. The van der Waals surface area contributed by atoms with Gasteiger partial charge < -0.3 is 13.9 Å². The lowest BCUT2D eigenvalue weighted by atomic mass is 9.77. The molecule has 0 radical (unpaired) electrons. The molecule has 3 rings (SSSR count). The van der Waals surface area contributed by atoms with Crippen LogP contribution in [0.5, 0.6) is 0 Å². The van der Waals surface area contributed by atoms with Crippen molar-refractivity contribution >= 4 is 14.4 Å². The molecular weight excluding hydrogens is 310 g/mol. The SMILES string of the molecule is C=C(O[Si](C)(C)C)N(C(=O)OC(C)(C)C)C12CCC(CC1)OC2. The van der Waals surface area contributed by atoms with Gasteiger partial charge in [-0.05, 0) is 72.7 Å². The topological polar surface area (TPSA) is 48.0 Å². The van der Waals surface area contributed by atoms with Gasteiger partial charge >= 0.3 is 6.09 Å². The van der Waals surface area contributed by atoms with Crippen molar-refractivity contribution in [3.63, 3.8) is 0 Å². The van der Waals surface area contributed by atoms with Gasteiger partial charge in [0.1, 0.15) is 5.60 Å². The van der Waals surface area contributed by atoms with E-state index in [1.54, 1.807) is 4.90 Å². The van der Waals surface area contributed by atoms with Crippen molar-refractivity contribution in [2.45, 2.75) is 83.3 Å². The number of ether oxygens (including phenoxy) is 2. The molecule has 1 amide bonds. The van der Waals surface area contributed by atoms with Gasteiger partial charge in [-0.2, -0.15) is 0 Å². The van der Waals surface area contributed by atoms with Gasteiger partial charge in [-0.3, -0.25) is 0 Å². The smallest absolute Gasteiger partial charge is 0.417 e. The van der Waals surface area contributed by atoms with E-state index in [2.05, 4.69) is 26.2 Å². The highest BCUT2D eigenvalue weighted by atomic mass is 28.4. The van der Waals surface area contributed by atoms with Crippen molar-refractivity contribution in [1.82, 2.24) is 4.90 Å². The first-order valence-corrected chi connectivity index (χ1v) is 11.9. The van der Waals surface area contributed by atoms with Crippen LogP contribution in [0.4, 0.5) is 4.79 Å². The molecule has 2 aliphatic heterocycles. The maximum atomic E-state index is 12.9. The first-order chi connectivity index (χ1) is 10.4. The van der Waals surface area contributed by atoms with E-state index in [-0.39, 0.29) is 11.6 Å². The van der Waals surface area contributed by atoms with Crippen LogP contribution in [0.15, 0.2) is 12.5 Å². The van der Waals surface area contributed by atoms with E-state index in [9.17, 15) is 4.79 Å². The Kier molecular flexibility index (Phi) is 4.88. The van der Waals surface area contributed by atoms with Gasteiger partial charge in [-0.1, -0.05) is 0 Å². The van der Waals surface area contributed by atoms with Crippen LogP contribution in [-0.2, 0) is 13.9 Å². The van der Waals surface area contributed by atoms with E-state index in [0.29, 0.717) is 18.6 Å². The molecule has 0 aromatic rings. The average Bonchev–Trinajstić information content (AvgIpc) is 2.36. The highest BCUT2D eigenvalue weighted by Crippen LogP contribution is 2.43. The molecule has 23 heavy (non-hydrogen) atoms. The quantitative estimate of drug-likeness (QED) is 0.566. The van der Waals surface area contributed by atoms with Crippen LogP contribution in [-0.4, -0.2) is 43.2 Å². The highest BCUT2D eigenvalue weighted by Gasteiger charge is 2.50. The number of hydrogen-bond donors (Lipinski definition) is 0. The molecule has 3 aliphatic rings. The van der Waals surface area contributed by atoms with E-state index in [1.165, 1.54) is 0 Å². The Balaban J connectivity index is 2.27. The lowest BCUT2D eigenvalue weighted by Gasteiger charge is -2.52. The first kappa shape index (κ1) is 18.3. The molecule has 5 nitrogen and oxygen atoms in total. The van der Waals surface area contributed by atoms with E-state index >= 15 is 0 Å². The summed E-state index contributed by atoms with van der Waals surface area (Å²) in [5, 5.41) is 0. The average molecular weight is 342 g/mol. The lowest BCUT2D eigenvalue weighted by Crippen LogP contribution is -2.61. The van der Waals surface area contributed by atoms with Crippen LogP contribution in [0.2, 0.25) is 19.6 Å². The molecule has 2 saturated heterocycles. The predicted molar refractivity (Wildman–Crippen MR) is 92.6 cm³/mol. The van der Waals surface area contributed by atoms with Crippen LogP contribution in [0.1, 0.15) is 46.5 Å². The van der Waals surface area contributed by atoms with Gasteiger partial charge in [0.05, 0.1) is 18.2 Å². The summed E-state index contributed by atoms with van der Waals surface area (Å²) in [5.74, 6) is 0.405. The second-order valence-electron chi connectivity index (χ2n) is 8.66. The Hall–Kier alpha value is -1.01. The van der Waals surface area contributed by atoms with Gasteiger partial charge in [0.2, 0.25) is 8.32 Å². The predicted octanol–water partition coefficient (Wildman–Crippen LogP) is 4.26. The fourth-order valence-corrected chi connectivity index (χ4v) is 4.07. The van der Waals surface area contributed by atoms with E-state index in [0.717, 1.165) is 25.7 Å². The Morgan fingerprint density at radius 1 is 1.26 bits per heavy atom. The molecule has 132 valence electrons. The molecule has 0 atom stereocenters. The molecule has 3 fully saturated rings. The van der Waals surface area contributed by atoms with Crippen molar-refractivity contribution < 1.29 is 18.7 Å². The summed E-state index contributed by atoms with van der Waals surface area (Å²) >= 11 is 0. The summed E-state index contributed by atoms with van der Waals surface area (Å²) in [6.07, 6.45) is 3.71. The van der Waals surface area contributed by atoms with E-state index in [4.69, 9.17) is 13.9 Å². The van der Waals surface area contributed by atoms with Crippen molar-refractivity contribution in [1.29, 1.82) is 0 Å². The summed E-state index contributed by atoms with van der Waals surface area (Å²) < 4.78 is 17.6. The number of carbonyl (C=O) groups is 1. The number of hydrogen-bond acceptors (Lipinski definition) is 4. The molecule has 6 heteroatoms. The maximum Gasteiger partial charge on any atom is 0.417 e. The summed E-state index contributed by atoms with van der Waals surface area (Å²) in [7, 11) is -1.87. The minimum Gasteiger partial charge on any atom is -0.533 e. The fourth-order valence-electron chi connectivity index (χ4n) is 3.27. The summed E-state index contributed by atoms with van der Waals surface area (Å²) in [4.78, 5) is 14.5. The largest absolute Gasteiger partial charge is 0.533 e. The number of carbonyl (C=O) groups excluding carboxylic acids is 1. The zero-order valence-electron chi connectivity index (χ0n) is 15.4. The van der Waals surface area contributed by atoms with Crippen molar-refractivity contribution in [2.24, 2.45) is 0 Å². The molecular formula is C17H31NO4Si. The monoisotopic (exact) mass is 341 g/mol. The van der Waals surface area contributed by atoms with Crippen LogP contribution in [0.3, 0.4) is 0 Å². The van der Waals surface area contributed by atoms with Gasteiger partial charge in [-0.25, -0.2) is 9.69 Å².